The Morgan fingerprint density at radius 1 is 1.25 bits per heavy atom. The second-order valence-corrected chi connectivity index (χ2v) is 6.19. The molecule has 2 aromatic rings. The van der Waals surface area contributed by atoms with Crippen LogP contribution in [0.15, 0.2) is 18.3 Å². The monoisotopic (exact) mass is 347 g/mol. The standard InChI is InChI=1S/C16H17N3O4S/c1-4-10-8(2)24-15(12(10)16(22)23)19-13(20)9-5-6-11(18-7-9)14(21)17-3/h5-7H,4H2,1-3H3,(H,17,21)(H,19,20)(H,22,23). The highest BCUT2D eigenvalue weighted by Crippen LogP contribution is 2.33. The van der Waals surface area contributed by atoms with Crippen LogP contribution in [0.1, 0.15) is 48.6 Å². The van der Waals surface area contributed by atoms with E-state index >= 15 is 0 Å². The molecule has 0 spiro atoms. The number of aromatic nitrogens is 1. The molecule has 0 saturated carbocycles. The van der Waals surface area contributed by atoms with Gasteiger partial charge in [-0.25, -0.2) is 4.79 Å². The second kappa shape index (κ2) is 7.22. The zero-order chi connectivity index (χ0) is 17.9. The molecule has 0 aromatic carbocycles. The number of carbonyl (C=O) groups is 3. The number of rotatable bonds is 5. The first kappa shape index (κ1) is 17.6. The molecule has 126 valence electrons. The number of carboxylic acid groups (broad SMARTS) is 1. The number of thiophene rings is 1. The number of pyridine rings is 1. The molecule has 0 radical (unpaired) electrons. The molecule has 2 amide bonds. The van der Waals surface area contributed by atoms with Crippen LogP contribution in [0, 0.1) is 6.92 Å². The van der Waals surface area contributed by atoms with Gasteiger partial charge in [0.1, 0.15) is 10.7 Å². The molecule has 0 saturated heterocycles. The molecule has 0 aliphatic carbocycles. The molecule has 0 unspecified atom stereocenters. The van der Waals surface area contributed by atoms with Crippen molar-refractivity contribution in [3.63, 3.8) is 0 Å². The highest BCUT2D eigenvalue weighted by molar-refractivity contribution is 7.16. The molecular formula is C16H17N3O4S. The number of nitrogens with one attached hydrogen (secondary N) is 2. The van der Waals surface area contributed by atoms with Gasteiger partial charge in [-0.15, -0.1) is 11.3 Å². The van der Waals surface area contributed by atoms with Crippen LogP contribution < -0.4 is 10.6 Å². The predicted molar refractivity (Wildman–Crippen MR) is 91.0 cm³/mol. The number of amides is 2. The smallest absolute Gasteiger partial charge is 0.339 e. The Morgan fingerprint density at radius 3 is 2.46 bits per heavy atom. The molecular weight excluding hydrogens is 330 g/mol. The minimum atomic E-state index is -1.07. The fourth-order valence-electron chi connectivity index (χ4n) is 2.28. The predicted octanol–water partition coefficient (Wildman–Crippen LogP) is 2.32. The van der Waals surface area contributed by atoms with Crippen molar-refractivity contribution in [1.29, 1.82) is 0 Å². The van der Waals surface area contributed by atoms with Gasteiger partial charge in [-0.05, 0) is 31.0 Å². The van der Waals surface area contributed by atoms with Gasteiger partial charge in [-0.3, -0.25) is 14.6 Å². The summed E-state index contributed by atoms with van der Waals surface area (Å²) in [6, 6.07) is 2.90. The van der Waals surface area contributed by atoms with Crippen molar-refractivity contribution in [2.75, 3.05) is 12.4 Å². The van der Waals surface area contributed by atoms with E-state index in [0.29, 0.717) is 11.4 Å². The highest BCUT2D eigenvalue weighted by Gasteiger charge is 2.22. The lowest BCUT2D eigenvalue weighted by atomic mass is 10.1. The van der Waals surface area contributed by atoms with Gasteiger partial charge < -0.3 is 15.7 Å². The zero-order valence-corrected chi connectivity index (χ0v) is 14.3. The Bertz CT molecular complexity index is 796. The van der Waals surface area contributed by atoms with Crippen molar-refractivity contribution < 1.29 is 19.5 Å². The lowest BCUT2D eigenvalue weighted by Crippen LogP contribution is -2.20. The van der Waals surface area contributed by atoms with E-state index in [1.54, 1.807) is 0 Å². The summed E-state index contributed by atoms with van der Waals surface area (Å²) in [6.07, 6.45) is 1.85. The van der Waals surface area contributed by atoms with Crippen LogP contribution in [0.4, 0.5) is 5.00 Å². The van der Waals surface area contributed by atoms with Crippen LogP contribution in [-0.2, 0) is 6.42 Å². The third kappa shape index (κ3) is 3.43. The fraction of sp³-hybridized carbons (Fsp3) is 0.250. The van der Waals surface area contributed by atoms with E-state index in [4.69, 9.17) is 0 Å². The molecule has 24 heavy (non-hydrogen) atoms. The quantitative estimate of drug-likeness (QED) is 0.769. The molecule has 7 nitrogen and oxygen atoms in total. The van der Waals surface area contributed by atoms with Crippen LogP contribution in [0.2, 0.25) is 0 Å². The van der Waals surface area contributed by atoms with Crippen molar-refractivity contribution in [2.45, 2.75) is 20.3 Å². The number of anilines is 1. The van der Waals surface area contributed by atoms with E-state index in [-0.39, 0.29) is 22.7 Å². The Balaban J connectivity index is 2.27. The fourth-order valence-corrected chi connectivity index (χ4v) is 3.42. The summed E-state index contributed by atoms with van der Waals surface area (Å²) in [5.41, 5.74) is 1.28. The van der Waals surface area contributed by atoms with E-state index in [0.717, 1.165) is 10.4 Å². The second-order valence-electron chi connectivity index (χ2n) is 4.96. The average Bonchev–Trinajstić information content (AvgIpc) is 2.89. The van der Waals surface area contributed by atoms with Crippen LogP contribution >= 0.6 is 11.3 Å². The van der Waals surface area contributed by atoms with Gasteiger partial charge in [-0.2, -0.15) is 0 Å². The van der Waals surface area contributed by atoms with Crippen LogP contribution in [0.25, 0.3) is 0 Å². The van der Waals surface area contributed by atoms with Gasteiger partial charge in [-0.1, -0.05) is 6.92 Å². The maximum absolute atomic E-state index is 12.3. The molecule has 0 fully saturated rings. The number of nitrogens with zero attached hydrogens (tertiary/aromatic N) is 1. The largest absolute Gasteiger partial charge is 0.478 e. The zero-order valence-electron chi connectivity index (χ0n) is 13.5. The maximum atomic E-state index is 12.3. The Morgan fingerprint density at radius 2 is 1.96 bits per heavy atom. The molecule has 2 heterocycles. The minimum Gasteiger partial charge on any atom is -0.478 e. The van der Waals surface area contributed by atoms with Gasteiger partial charge in [0.2, 0.25) is 0 Å². The summed E-state index contributed by atoms with van der Waals surface area (Å²) in [5.74, 6) is -1.89. The van der Waals surface area contributed by atoms with Crippen molar-refractivity contribution in [3.8, 4) is 0 Å². The molecule has 0 atom stereocenters. The van der Waals surface area contributed by atoms with Gasteiger partial charge in [0.05, 0.1) is 11.1 Å². The molecule has 0 aliphatic rings. The summed E-state index contributed by atoms with van der Waals surface area (Å²) in [6.45, 7) is 3.69. The number of aryl methyl sites for hydroxylation is 1. The molecule has 0 bridgehead atoms. The lowest BCUT2D eigenvalue weighted by Gasteiger charge is -2.06. The van der Waals surface area contributed by atoms with E-state index in [1.807, 2.05) is 13.8 Å². The third-order valence-corrected chi connectivity index (χ3v) is 4.55. The van der Waals surface area contributed by atoms with Gasteiger partial charge >= 0.3 is 5.97 Å². The van der Waals surface area contributed by atoms with Crippen LogP contribution in [-0.4, -0.2) is 34.9 Å². The normalized spacial score (nSPS) is 10.3. The topological polar surface area (TPSA) is 108 Å². The van der Waals surface area contributed by atoms with E-state index in [2.05, 4.69) is 15.6 Å². The number of hydrogen-bond donors (Lipinski definition) is 3. The van der Waals surface area contributed by atoms with Gasteiger partial charge in [0.25, 0.3) is 11.8 Å². The average molecular weight is 347 g/mol. The van der Waals surface area contributed by atoms with E-state index in [9.17, 15) is 19.5 Å². The number of carbonyl (C=O) groups excluding carboxylic acids is 2. The van der Waals surface area contributed by atoms with E-state index < -0.39 is 11.9 Å². The highest BCUT2D eigenvalue weighted by atomic mass is 32.1. The number of carboxylic acids is 1. The minimum absolute atomic E-state index is 0.128. The van der Waals surface area contributed by atoms with E-state index in [1.165, 1.54) is 36.7 Å². The number of aromatic carboxylic acids is 1. The van der Waals surface area contributed by atoms with Crippen LogP contribution in [0.3, 0.4) is 0 Å². The maximum Gasteiger partial charge on any atom is 0.339 e. The molecule has 8 heteroatoms. The molecule has 0 aliphatic heterocycles. The summed E-state index contributed by atoms with van der Waals surface area (Å²) >= 11 is 1.23. The lowest BCUT2D eigenvalue weighted by molar-refractivity contribution is 0.0697. The third-order valence-electron chi connectivity index (χ3n) is 3.49. The summed E-state index contributed by atoms with van der Waals surface area (Å²) in [7, 11) is 1.49. The van der Waals surface area contributed by atoms with Crippen molar-refractivity contribution in [2.24, 2.45) is 0 Å². The molecule has 2 rings (SSSR count). The first-order chi connectivity index (χ1) is 11.4. The Kier molecular flexibility index (Phi) is 5.30. The summed E-state index contributed by atoms with van der Waals surface area (Å²) in [5, 5.41) is 14.8. The van der Waals surface area contributed by atoms with Gasteiger partial charge in [0, 0.05) is 18.1 Å². The van der Waals surface area contributed by atoms with Gasteiger partial charge in [0.15, 0.2) is 0 Å². The molecule has 2 aromatic heterocycles. The Labute approximate surface area is 142 Å². The number of hydrogen-bond acceptors (Lipinski definition) is 5. The first-order valence-electron chi connectivity index (χ1n) is 7.24. The summed E-state index contributed by atoms with van der Waals surface area (Å²) < 4.78 is 0. The first-order valence-corrected chi connectivity index (χ1v) is 8.05. The Hall–Kier alpha value is -2.74. The van der Waals surface area contributed by atoms with Crippen molar-refractivity contribution in [3.05, 3.63) is 45.6 Å². The molecule has 3 N–H and O–H groups in total. The SMILES string of the molecule is CCc1c(C)sc(NC(=O)c2ccc(C(=O)NC)nc2)c1C(=O)O. The van der Waals surface area contributed by atoms with Crippen molar-refractivity contribution >= 4 is 34.1 Å². The summed E-state index contributed by atoms with van der Waals surface area (Å²) in [4.78, 5) is 40.0. The van der Waals surface area contributed by atoms with Crippen LogP contribution in [0.5, 0.6) is 0 Å². The van der Waals surface area contributed by atoms with Crippen molar-refractivity contribution in [1.82, 2.24) is 10.3 Å².